The van der Waals surface area contributed by atoms with Crippen LogP contribution in [0.25, 0.3) is 21.5 Å². The molecule has 6 nitrogen and oxygen atoms in total. The van der Waals surface area contributed by atoms with E-state index in [2.05, 4.69) is 52.0 Å². The van der Waals surface area contributed by atoms with E-state index in [-0.39, 0.29) is 47.5 Å². The Labute approximate surface area is 376 Å². The predicted molar refractivity (Wildman–Crippen MR) is 239 cm³/mol. The molecule has 0 aliphatic rings. The van der Waals surface area contributed by atoms with Gasteiger partial charge in [-0.2, -0.15) is 0 Å². The minimum Gasteiger partial charge on any atom is -0.744 e. The first-order valence-electron chi connectivity index (χ1n) is 21.9. The molecular formula is C48H70CaO6S2. The second-order valence-electron chi connectivity index (χ2n) is 15.8. The molecule has 4 aromatic rings. The Morgan fingerprint density at radius 1 is 0.404 bits per heavy atom. The van der Waals surface area contributed by atoms with Crippen molar-refractivity contribution in [3.05, 3.63) is 82.9 Å². The maximum Gasteiger partial charge on any atom is 2.00 e. The van der Waals surface area contributed by atoms with Gasteiger partial charge in [-0.1, -0.05) is 179 Å². The summed E-state index contributed by atoms with van der Waals surface area (Å²) in [7, 11) is -8.96. The zero-order chi connectivity index (χ0) is 40.8. The van der Waals surface area contributed by atoms with E-state index in [0.29, 0.717) is 10.8 Å². The maximum absolute atomic E-state index is 11.8. The fourth-order valence-corrected chi connectivity index (χ4v) is 9.39. The predicted octanol–water partition coefficient (Wildman–Crippen LogP) is 13.2. The van der Waals surface area contributed by atoms with E-state index in [1.807, 2.05) is 12.1 Å². The van der Waals surface area contributed by atoms with Gasteiger partial charge < -0.3 is 9.11 Å². The molecule has 312 valence electrons. The third-order valence-electron chi connectivity index (χ3n) is 10.9. The molecule has 0 aliphatic carbocycles. The molecule has 0 heterocycles. The van der Waals surface area contributed by atoms with E-state index < -0.39 is 20.2 Å². The summed E-state index contributed by atoms with van der Waals surface area (Å²) in [6.07, 6.45) is 27.7. The normalized spacial score (nSPS) is 11.8. The van der Waals surface area contributed by atoms with Crippen molar-refractivity contribution >= 4 is 79.5 Å². The molecule has 4 aromatic carbocycles. The molecule has 0 unspecified atom stereocenters. The Hall–Kier alpha value is -1.52. The van der Waals surface area contributed by atoms with Crippen molar-refractivity contribution in [2.75, 3.05) is 0 Å². The molecule has 0 amide bonds. The Balaban J connectivity index is 0.000000387. The number of benzene rings is 4. The van der Waals surface area contributed by atoms with Crippen LogP contribution in [0.4, 0.5) is 0 Å². The van der Waals surface area contributed by atoms with Gasteiger partial charge in [0.1, 0.15) is 20.2 Å². The van der Waals surface area contributed by atoms with Crippen LogP contribution in [0.5, 0.6) is 0 Å². The quantitative estimate of drug-likeness (QED) is 0.0353. The van der Waals surface area contributed by atoms with Gasteiger partial charge in [-0.3, -0.25) is 0 Å². The van der Waals surface area contributed by atoms with E-state index >= 15 is 0 Å². The van der Waals surface area contributed by atoms with Crippen molar-refractivity contribution < 1.29 is 25.9 Å². The first kappa shape index (κ1) is 51.6. The summed E-state index contributed by atoms with van der Waals surface area (Å²) in [5.41, 5.74) is 4.56. The van der Waals surface area contributed by atoms with Crippen molar-refractivity contribution in [1.82, 2.24) is 0 Å². The van der Waals surface area contributed by atoms with Crippen LogP contribution in [0.1, 0.15) is 178 Å². The zero-order valence-corrected chi connectivity index (χ0v) is 39.6. The molecule has 4 rings (SSSR count). The molecule has 0 radical (unpaired) electrons. The number of unbranched alkanes of at least 4 members (excludes halogenated alkanes) is 16. The van der Waals surface area contributed by atoms with Crippen LogP contribution in [0.3, 0.4) is 0 Å². The number of aryl methyl sites for hydroxylation is 4. The fourth-order valence-electron chi connectivity index (χ4n) is 7.90. The number of fused-ring (bicyclic) bond motifs is 2. The monoisotopic (exact) mass is 846 g/mol. The number of rotatable bonds is 26. The van der Waals surface area contributed by atoms with Gasteiger partial charge in [0, 0.05) is 10.8 Å². The summed E-state index contributed by atoms with van der Waals surface area (Å²) < 4.78 is 70.9. The van der Waals surface area contributed by atoms with Gasteiger partial charge >= 0.3 is 37.7 Å². The Kier molecular flexibility index (Phi) is 25.4. The standard InChI is InChI=1S/2C24H36O3S.Ca/c2*1-3-5-7-9-11-14-20-18-21(15-12-10-8-6-4-2)24-22(19-20)16-13-17-23(24)28(25,26)27;/h2*13,16-19H,3-12,14-15H2,1-2H3,(H,25,26,27);/q;;+2/p-2. The summed E-state index contributed by atoms with van der Waals surface area (Å²) in [5, 5.41) is 3.04. The Bertz CT molecular complexity index is 1830. The van der Waals surface area contributed by atoms with Gasteiger partial charge in [0.25, 0.3) is 0 Å². The average molecular weight is 847 g/mol. The topological polar surface area (TPSA) is 114 Å². The van der Waals surface area contributed by atoms with Crippen LogP contribution >= 0.6 is 0 Å². The summed E-state index contributed by atoms with van der Waals surface area (Å²) in [5.74, 6) is 0. The molecule has 0 spiro atoms. The molecule has 57 heavy (non-hydrogen) atoms. The van der Waals surface area contributed by atoms with Crippen LogP contribution in [0, 0.1) is 0 Å². The maximum atomic E-state index is 11.8. The van der Waals surface area contributed by atoms with Crippen molar-refractivity contribution in [2.24, 2.45) is 0 Å². The van der Waals surface area contributed by atoms with Crippen LogP contribution in [-0.2, 0) is 45.9 Å². The second-order valence-corrected chi connectivity index (χ2v) is 18.5. The van der Waals surface area contributed by atoms with Crippen LogP contribution in [0.15, 0.2) is 70.5 Å². The van der Waals surface area contributed by atoms with Gasteiger partial charge in [0.05, 0.1) is 9.79 Å². The van der Waals surface area contributed by atoms with Gasteiger partial charge in [-0.15, -0.1) is 0 Å². The van der Waals surface area contributed by atoms with Gasteiger partial charge in [-0.25, -0.2) is 16.8 Å². The average Bonchev–Trinajstić information content (AvgIpc) is 3.16. The molecule has 0 saturated heterocycles. The third-order valence-corrected chi connectivity index (χ3v) is 12.7. The molecule has 0 aliphatic heterocycles. The number of hydrogen-bond donors (Lipinski definition) is 0. The van der Waals surface area contributed by atoms with Crippen molar-refractivity contribution in [3.8, 4) is 0 Å². The Morgan fingerprint density at radius 2 is 0.702 bits per heavy atom. The molecule has 9 heteroatoms. The van der Waals surface area contributed by atoms with Crippen molar-refractivity contribution in [3.63, 3.8) is 0 Å². The van der Waals surface area contributed by atoms with Gasteiger partial charge in [-0.05, 0) is 96.5 Å². The summed E-state index contributed by atoms with van der Waals surface area (Å²) >= 11 is 0. The molecule has 0 bridgehead atoms. The van der Waals surface area contributed by atoms with Crippen molar-refractivity contribution in [1.29, 1.82) is 0 Å². The smallest absolute Gasteiger partial charge is 0.744 e. The van der Waals surface area contributed by atoms with E-state index in [0.717, 1.165) is 86.1 Å². The molecule has 0 atom stereocenters. The minimum absolute atomic E-state index is 0. The van der Waals surface area contributed by atoms with E-state index in [9.17, 15) is 25.9 Å². The van der Waals surface area contributed by atoms with Crippen molar-refractivity contribution in [2.45, 2.75) is 192 Å². The Morgan fingerprint density at radius 3 is 1.00 bits per heavy atom. The molecule has 0 fully saturated rings. The second kappa shape index (κ2) is 28.1. The van der Waals surface area contributed by atoms with E-state index in [1.165, 1.54) is 113 Å². The zero-order valence-electron chi connectivity index (χ0n) is 35.7. The molecular weight excluding hydrogens is 777 g/mol. The first-order chi connectivity index (χ1) is 26.9. The molecule has 0 N–H and O–H groups in total. The molecule has 0 aromatic heterocycles. The largest absolute Gasteiger partial charge is 2.00 e. The first-order valence-corrected chi connectivity index (χ1v) is 24.8. The summed E-state index contributed by atoms with van der Waals surface area (Å²) in [6.45, 7) is 8.83. The fraction of sp³-hybridized carbons (Fsp3) is 0.583. The van der Waals surface area contributed by atoms with Gasteiger partial charge in [0.15, 0.2) is 0 Å². The third kappa shape index (κ3) is 18.3. The minimum atomic E-state index is -4.48. The van der Waals surface area contributed by atoms with E-state index in [4.69, 9.17) is 0 Å². The number of hydrogen-bond acceptors (Lipinski definition) is 6. The summed E-state index contributed by atoms with van der Waals surface area (Å²) in [6, 6.07) is 18.6. The van der Waals surface area contributed by atoms with Crippen LogP contribution < -0.4 is 0 Å². The van der Waals surface area contributed by atoms with Crippen LogP contribution in [-0.4, -0.2) is 63.7 Å². The van der Waals surface area contributed by atoms with Crippen LogP contribution in [0.2, 0.25) is 0 Å². The molecule has 0 saturated carbocycles. The van der Waals surface area contributed by atoms with Gasteiger partial charge in [0.2, 0.25) is 0 Å². The van der Waals surface area contributed by atoms with E-state index in [1.54, 1.807) is 12.1 Å². The SMILES string of the molecule is CCCCCCCc1cc(CCCCCCC)c2c(S(=O)(=O)[O-])cccc2c1.CCCCCCCc1cc(CCCCCCC)c2c(S(=O)(=O)[O-])cccc2c1.[Ca+2]. The summed E-state index contributed by atoms with van der Waals surface area (Å²) in [4.78, 5) is -0.133.